The Morgan fingerprint density at radius 2 is 2.38 bits per heavy atom. The number of hydrogen-bond donors (Lipinski definition) is 0. The molecule has 0 radical (unpaired) electrons. The molecule has 0 saturated carbocycles. The van der Waals surface area contributed by atoms with Crippen LogP contribution >= 0.6 is 11.8 Å². The third-order valence-corrected chi connectivity index (χ3v) is 3.18. The summed E-state index contributed by atoms with van der Waals surface area (Å²) in [5.74, 6) is 1.24. The largest absolute Gasteiger partial charge is 0.287 e. The molecule has 0 bridgehead atoms. The van der Waals surface area contributed by atoms with Gasteiger partial charge in [0.05, 0.1) is 0 Å². The summed E-state index contributed by atoms with van der Waals surface area (Å²) in [7, 11) is 0. The van der Waals surface area contributed by atoms with E-state index >= 15 is 0 Å². The molecule has 0 spiro atoms. The highest BCUT2D eigenvalue weighted by Gasteiger charge is 2.16. The van der Waals surface area contributed by atoms with E-state index in [9.17, 15) is 4.79 Å². The number of rotatable bonds is 1. The van der Waals surface area contributed by atoms with Crippen molar-refractivity contribution in [2.24, 2.45) is 0 Å². The molecule has 2 rings (SSSR count). The van der Waals surface area contributed by atoms with Crippen molar-refractivity contribution in [3.63, 3.8) is 0 Å². The van der Waals surface area contributed by atoms with Crippen LogP contribution in [0.25, 0.3) is 0 Å². The number of aromatic nitrogens is 2. The van der Waals surface area contributed by atoms with Gasteiger partial charge in [0.25, 0.3) is 5.56 Å². The molecule has 0 unspecified atom stereocenters. The van der Waals surface area contributed by atoms with Crippen molar-refractivity contribution in [1.82, 2.24) is 9.55 Å². The molecule has 1 aromatic heterocycles. The maximum absolute atomic E-state index is 11.8. The first-order chi connectivity index (χ1) is 6.20. The molecular formula is C9H12N2OS. The van der Waals surface area contributed by atoms with Gasteiger partial charge in [0.15, 0.2) is 5.16 Å². The summed E-state index contributed by atoms with van der Waals surface area (Å²) in [6, 6.07) is 0. The van der Waals surface area contributed by atoms with Gasteiger partial charge >= 0.3 is 0 Å². The average Bonchev–Trinajstić information content (AvgIpc) is 2.52. The highest BCUT2D eigenvalue weighted by molar-refractivity contribution is 7.99. The number of thioether (sulfide) groups is 1. The van der Waals surface area contributed by atoms with Crippen molar-refractivity contribution in [3.05, 3.63) is 22.1 Å². The van der Waals surface area contributed by atoms with Crippen molar-refractivity contribution < 1.29 is 0 Å². The fraction of sp³-hybridized carbons (Fsp3) is 0.556. The molecule has 0 saturated heterocycles. The zero-order chi connectivity index (χ0) is 9.42. The number of hydrogen-bond acceptors (Lipinski definition) is 3. The van der Waals surface area contributed by atoms with Gasteiger partial charge in [0, 0.05) is 24.1 Å². The van der Waals surface area contributed by atoms with Crippen LogP contribution in [0.15, 0.2) is 16.1 Å². The lowest BCUT2D eigenvalue weighted by Gasteiger charge is -2.06. The van der Waals surface area contributed by atoms with Gasteiger partial charge in [0.1, 0.15) is 0 Å². The van der Waals surface area contributed by atoms with Crippen LogP contribution in [0.1, 0.15) is 25.3 Å². The fourth-order valence-corrected chi connectivity index (χ4v) is 2.34. The Morgan fingerprint density at radius 3 is 3.08 bits per heavy atom. The second-order valence-corrected chi connectivity index (χ2v) is 4.52. The normalized spacial score (nSPS) is 15.0. The summed E-state index contributed by atoms with van der Waals surface area (Å²) >= 11 is 1.65. The second-order valence-electron chi connectivity index (χ2n) is 3.46. The highest BCUT2D eigenvalue weighted by Crippen LogP contribution is 2.21. The molecule has 4 heteroatoms. The molecule has 0 aliphatic carbocycles. The number of nitrogens with zero attached hydrogens (tertiary/aromatic N) is 2. The van der Waals surface area contributed by atoms with Crippen LogP contribution in [0.2, 0.25) is 0 Å². The van der Waals surface area contributed by atoms with E-state index in [0.29, 0.717) is 0 Å². The van der Waals surface area contributed by atoms with Crippen LogP contribution in [-0.2, 0) is 6.54 Å². The van der Waals surface area contributed by atoms with Crippen LogP contribution in [0.3, 0.4) is 0 Å². The van der Waals surface area contributed by atoms with E-state index in [1.54, 1.807) is 22.5 Å². The fourth-order valence-electron chi connectivity index (χ4n) is 1.43. The molecule has 1 aromatic rings. The molecule has 3 nitrogen and oxygen atoms in total. The zero-order valence-corrected chi connectivity index (χ0v) is 8.60. The smallest absolute Gasteiger partial charge is 0.257 e. The summed E-state index contributed by atoms with van der Waals surface area (Å²) in [6.07, 6.45) is 1.72. The Hall–Kier alpha value is -0.770. The quantitative estimate of drug-likeness (QED) is 0.638. The minimum Gasteiger partial charge on any atom is -0.287 e. The van der Waals surface area contributed by atoms with Gasteiger partial charge in [0.2, 0.25) is 0 Å². The summed E-state index contributed by atoms with van der Waals surface area (Å²) in [5, 5.41) is 0.870. The van der Waals surface area contributed by atoms with E-state index in [2.05, 4.69) is 4.98 Å². The van der Waals surface area contributed by atoms with E-state index in [1.165, 1.54) is 0 Å². The Bertz CT molecular complexity index is 384. The van der Waals surface area contributed by atoms with Crippen LogP contribution in [-0.4, -0.2) is 15.3 Å². The van der Waals surface area contributed by atoms with Crippen LogP contribution in [0.5, 0.6) is 0 Å². The SMILES string of the molecule is CC(C)c1cnc2n(c1=O)CCS2. The van der Waals surface area contributed by atoms with Crippen LogP contribution in [0.4, 0.5) is 0 Å². The highest BCUT2D eigenvalue weighted by atomic mass is 32.2. The Balaban J connectivity index is 2.59. The Morgan fingerprint density at radius 1 is 1.62 bits per heavy atom. The minimum absolute atomic E-state index is 0.144. The minimum atomic E-state index is 0.144. The molecule has 0 amide bonds. The van der Waals surface area contributed by atoms with Crippen molar-refractivity contribution in [3.8, 4) is 0 Å². The molecule has 0 aromatic carbocycles. The second kappa shape index (κ2) is 3.18. The summed E-state index contributed by atoms with van der Waals surface area (Å²) in [4.78, 5) is 16.1. The first-order valence-corrected chi connectivity index (χ1v) is 5.41. The molecule has 13 heavy (non-hydrogen) atoms. The van der Waals surface area contributed by atoms with Crippen LogP contribution in [0, 0.1) is 0 Å². The van der Waals surface area contributed by atoms with Gasteiger partial charge in [-0.1, -0.05) is 25.6 Å². The molecule has 0 N–H and O–H groups in total. The van der Waals surface area contributed by atoms with E-state index < -0.39 is 0 Å². The van der Waals surface area contributed by atoms with Gasteiger partial charge in [-0.3, -0.25) is 9.36 Å². The van der Waals surface area contributed by atoms with Crippen LogP contribution < -0.4 is 5.56 Å². The standard InChI is InChI=1S/C9H12N2OS/c1-6(2)7-5-10-9-11(8(7)12)3-4-13-9/h5-6H,3-4H2,1-2H3. The molecule has 0 fully saturated rings. The first kappa shape index (κ1) is 8.81. The predicted molar refractivity (Wildman–Crippen MR) is 53.3 cm³/mol. The maximum Gasteiger partial charge on any atom is 0.257 e. The molecule has 0 atom stereocenters. The van der Waals surface area contributed by atoms with E-state index in [-0.39, 0.29) is 11.5 Å². The maximum atomic E-state index is 11.8. The van der Waals surface area contributed by atoms with Gasteiger partial charge in [-0.25, -0.2) is 4.98 Å². The lowest BCUT2D eigenvalue weighted by Crippen LogP contribution is -2.24. The lowest BCUT2D eigenvalue weighted by atomic mass is 10.1. The third-order valence-electron chi connectivity index (χ3n) is 2.21. The van der Waals surface area contributed by atoms with Gasteiger partial charge < -0.3 is 0 Å². The molecule has 70 valence electrons. The van der Waals surface area contributed by atoms with Crippen molar-refractivity contribution in [2.45, 2.75) is 31.5 Å². The Labute approximate surface area is 81.2 Å². The summed E-state index contributed by atoms with van der Waals surface area (Å²) in [5.41, 5.74) is 0.969. The molecule has 1 aliphatic rings. The van der Waals surface area contributed by atoms with Crippen molar-refractivity contribution in [1.29, 1.82) is 0 Å². The number of fused-ring (bicyclic) bond motifs is 1. The first-order valence-electron chi connectivity index (χ1n) is 4.42. The molecule has 1 aliphatic heterocycles. The predicted octanol–water partition coefficient (Wildman–Crippen LogP) is 1.47. The van der Waals surface area contributed by atoms with Gasteiger partial charge in [-0.05, 0) is 5.92 Å². The lowest BCUT2D eigenvalue weighted by molar-refractivity contribution is 0.632. The monoisotopic (exact) mass is 196 g/mol. The summed E-state index contributed by atoms with van der Waals surface area (Å²) < 4.78 is 1.78. The van der Waals surface area contributed by atoms with Crippen molar-refractivity contribution >= 4 is 11.8 Å². The molecular weight excluding hydrogens is 184 g/mol. The third kappa shape index (κ3) is 1.39. The van der Waals surface area contributed by atoms with E-state index in [1.807, 2.05) is 13.8 Å². The zero-order valence-electron chi connectivity index (χ0n) is 7.78. The van der Waals surface area contributed by atoms with Crippen molar-refractivity contribution in [2.75, 3.05) is 5.75 Å². The summed E-state index contributed by atoms with van der Waals surface area (Å²) in [6.45, 7) is 4.85. The van der Waals surface area contributed by atoms with E-state index in [4.69, 9.17) is 0 Å². The van der Waals surface area contributed by atoms with E-state index in [0.717, 1.165) is 23.0 Å². The van der Waals surface area contributed by atoms with Gasteiger partial charge in [-0.2, -0.15) is 0 Å². The Kier molecular flexibility index (Phi) is 2.15. The average molecular weight is 196 g/mol. The topological polar surface area (TPSA) is 34.9 Å². The molecule has 2 heterocycles. The van der Waals surface area contributed by atoms with Gasteiger partial charge in [-0.15, -0.1) is 0 Å².